The highest BCUT2D eigenvalue weighted by Crippen LogP contribution is 2.67. The molecule has 11 rings (SSSR count). The summed E-state index contributed by atoms with van der Waals surface area (Å²) in [7, 11) is 5.68. The first kappa shape index (κ1) is 38.0. The van der Waals surface area contributed by atoms with Crippen molar-refractivity contribution in [2.45, 2.75) is 112 Å². The van der Waals surface area contributed by atoms with Crippen LogP contribution in [0, 0.1) is 6.92 Å². The predicted octanol–water partition coefficient (Wildman–Crippen LogP) is 4.53. The number of nitrogens with zero attached hydrogens (tertiary/aromatic N) is 2. The lowest BCUT2D eigenvalue weighted by atomic mass is 9.49. The van der Waals surface area contributed by atoms with Gasteiger partial charge >= 0.3 is 17.9 Å². The van der Waals surface area contributed by atoms with Crippen LogP contribution in [0.3, 0.4) is 0 Å². The molecule has 4 aliphatic carbocycles. The minimum absolute atomic E-state index is 0.00512. The van der Waals surface area contributed by atoms with E-state index < -0.39 is 46.2 Å². The van der Waals surface area contributed by atoms with E-state index in [1.165, 1.54) is 24.6 Å². The van der Waals surface area contributed by atoms with E-state index in [0.717, 1.165) is 53.9 Å². The third-order valence-corrected chi connectivity index (χ3v) is 15.4. The molecule has 4 fully saturated rings. The molecule has 13 nitrogen and oxygen atoms in total. The average molecular weight is 805 g/mol. The van der Waals surface area contributed by atoms with E-state index in [1.807, 2.05) is 26.1 Å². The van der Waals surface area contributed by atoms with E-state index in [-0.39, 0.29) is 47.2 Å². The normalized spacial score (nSPS) is 33.9. The van der Waals surface area contributed by atoms with Crippen LogP contribution in [0.5, 0.6) is 17.2 Å². The van der Waals surface area contributed by atoms with Gasteiger partial charge in [-0.2, -0.15) is 0 Å². The summed E-state index contributed by atoms with van der Waals surface area (Å²) in [6.07, 6.45) is 3.11. The molecule has 2 spiro atoms. The number of benzene rings is 3. The quantitative estimate of drug-likeness (QED) is 0.359. The Kier molecular flexibility index (Phi) is 8.28. The van der Waals surface area contributed by atoms with Crippen LogP contribution in [0.2, 0.25) is 0 Å². The fourth-order valence-electron chi connectivity index (χ4n) is 13.0. The van der Waals surface area contributed by atoms with Gasteiger partial charge in [0.05, 0.1) is 41.2 Å². The molecule has 8 atom stereocenters. The first-order chi connectivity index (χ1) is 28.2. The van der Waals surface area contributed by atoms with E-state index in [4.69, 9.17) is 23.7 Å². The molecule has 3 aromatic rings. The van der Waals surface area contributed by atoms with E-state index in [9.17, 15) is 29.1 Å². The molecule has 1 N–H and O–H groups in total. The summed E-state index contributed by atoms with van der Waals surface area (Å²) in [5.74, 6) is -0.0251. The Morgan fingerprint density at radius 3 is 1.81 bits per heavy atom. The van der Waals surface area contributed by atoms with Gasteiger partial charge in [-0.3, -0.25) is 24.2 Å². The van der Waals surface area contributed by atoms with Crippen molar-refractivity contribution >= 4 is 29.5 Å². The summed E-state index contributed by atoms with van der Waals surface area (Å²) in [5.41, 5.74) is 2.26. The van der Waals surface area contributed by atoms with Gasteiger partial charge in [-0.1, -0.05) is 30.3 Å². The molecule has 2 saturated heterocycles. The number of rotatable bonds is 5. The standard InChI is InChI=1S/C26H25NO7.C20H23NO4/c1-27-12-11-25-20-14-7-8-18(32-2)21(20)33-22(25)17(28)9-10-26(25,19(27)13-14)34-24(31)16-6-4-3-5-15(16)23(29)30;1-11-4-5-13-10-15-20(25-12(2)22)7-6-14(23)18-19(20,8-9-21(15)3)16(13)17(11)24-18/h3-8,19,22H,9-13H2,1-2H3,(H,29,30);4-5,15,18H,6-10H2,1-3H3/t19-,22+,25+,26-;/m1./s1. The number of ketones is 2. The van der Waals surface area contributed by atoms with Crippen LogP contribution < -0.4 is 14.2 Å². The zero-order valence-corrected chi connectivity index (χ0v) is 33.9. The fourth-order valence-corrected chi connectivity index (χ4v) is 13.0. The van der Waals surface area contributed by atoms with E-state index in [1.54, 1.807) is 19.2 Å². The van der Waals surface area contributed by atoms with Gasteiger partial charge in [-0.25, -0.2) is 9.59 Å². The van der Waals surface area contributed by atoms with Gasteiger partial charge in [0.2, 0.25) is 0 Å². The fraction of sp³-hybridized carbons (Fsp3) is 0.500. The van der Waals surface area contributed by atoms with Crippen LogP contribution in [0.1, 0.15) is 94.0 Å². The van der Waals surface area contributed by atoms with Crippen molar-refractivity contribution in [3.05, 3.63) is 87.5 Å². The maximum atomic E-state index is 13.6. The second-order valence-corrected chi connectivity index (χ2v) is 17.8. The Morgan fingerprint density at radius 1 is 0.729 bits per heavy atom. The lowest BCUT2D eigenvalue weighted by Gasteiger charge is -2.63. The van der Waals surface area contributed by atoms with Gasteiger partial charge < -0.3 is 28.8 Å². The van der Waals surface area contributed by atoms with Crippen LogP contribution >= 0.6 is 0 Å². The van der Waals surface area contributed by atoms with E-state index >= 15 is 0 Å². The molecule has 308 valence electrons. The summed E-state index contributed by atoms with van der Waals surface area (Å²) in [5, 5.41) is 9.63. The molecule has 8 aliphatic rings. The van der Waals surface area contributed by atoms with Gasteiger partial charge in [0, 0.05) is 30.9 Å². The Labute approximate surface area is 341 Å². The van der Waals surface area contributed by atoms with E-state index in [0.29, 0.717) is 43.6 Å². The number of methoxy groups -OCH3 is 1. The molecule has 13 heteroatoms. The zero-order valence-electron chi connectivity index (χ0n) is 33.9. The largest absolute Gasteiger partial charge is 0.493 e. The summed E-state index contributed by atoms with van der Waals surface area (Å²) in [6.45, 7) is 5.12. The van der Waals surface area contributed by atoms with Gasteiger partial charge in [0.15, 0.2) is 35.3 Å². The number of hydrogen-bond donors (Lipinski definition) is 1. The molecule has 3 aromatic carbocycles. The first-order valence-electron chi connectivity index (χ1n) is 20.6. The molecule has 0 aromatic heterocycles. The van der Waals surface area contributed by atoms with Crippen molar-refractivity contribution < 1.29 is 52.8 Å². The van der Waals surface area contributed by atoms with Gasteiger partial charge in [0.25, 0.3) is 0 Å². The van der Waals surface area contributed by atoms with Crippen LogP contribution in [0.25, 0.3) is 0 Å². The molecule has 4 aliphatic heterocycles. The molecule has 4 bridgehead atoms. The van der Waals surface area contributed by atoms with Crippen LogP contribution in [0.4, 0.5) is 0 Å². The molecular weight excluding hydrogens is 757 g/mol. The van der Waals surface area contributed by atoms with Crippen molar-refractivity contribution in [3.8, 4) is 17.2 Å². The SMILES string of the molecule is CC(=O)OC12CCC(=O)C3Oc4c(C)ccc5c4C31CCN(C)C2C5.COc1ccc2c3c1O[C@H]1C(=O)CC[C@@]4(OC(=O)c5ccccc5C(=O)O)[C@@H](C2)N(C)CC[C@]314. The monoisotopic (exact) mass is 804 g/mol. The number of aryl methyl sites for hydroxylation is 1. The number of esters is 2. The van der Waals surface area contributed by atoms with Crippen molar-refractivity contribution in [1.82, 2.24) is 9.80 Å². The van der Waals surface area contributed by atoms with Gasteiger partial charge in [0.1, 0.15) is 17.0 Å². The first-order valence-corrected chi connectivity index (χ1v) is 20.6. The molecule has 2 saturated carbocycles. The number of hydrogen-bond acceptors (Lipinski definition) is 12. The van der Waals surface area contributed by atoms with Crippen molar-refractivity contribution in [2.75, 3.05) is 34.3 Å². The highest BCUT2D eigenvalue weighted by molar-refractivity contribution is 6.03. The summed E-state index contributed by atoms with van der Waals surface area (Å²) in [4.78, 5) is 68.1. The predicted molar refractivity (Wildman–Crippen MR) is 210 cm³/mol. The zero-order chi connectivity index (χ0) is 41.4. The third-order valence-electron chi connectivity index (χ3n) is 15.4. The topological polar surface area (TPSA) is 158 Å². The number of carbonyl (C=O) groups excluding carboxylic acids is 4. The summed E-state index contributed by atoms with van der Waals surface area (Å²) < 4.78 is 30.8. The number of Topliss-reactive ketones (excluding diaryl/α,β-unsaturated/α-hetero) is 2. The molecule has 4 heterocycles. The van der Waals surface area contributed by atoms with Gasteiger partial charge in [-0.15, -0.1) is 0 Å². The number of ether oxygens (including phenoxy) is 5. The summed E-state index contributed by atoms with van der Waals surface area (Å²) in [6, 6.07) is 14.1. The molecule has 0 amide bonds. The van der Waals surface area contributed by atoms with Gasteiger partial charge in [-0.05, 0) is 108 Å². The lowest BCUT2D eigenvalue weighted by molar-refractivity contribution is -0.211. The molecule has 0 radical (unpaired) electrons. The number of carboxylic acids is 1. The van der Waals surface area contributed by atoms with Crippen LogP contribution in [-0.2, 0) is 47.5 Å². The smallest absolute Gasteiger partial charge is 0.339 e. The third kappa shape index (κ3) is 4.71. The second-order valence-electron chi connectivity index (χ2n) is 17.8. The number of likely N-dealkylation sites (tertiary alicyclic amines) is 2. The average Bonchev–Trinajstić information content (AvgIpc) is 3.76. The highest BCUT2D eigenvalue weighted by atomic mass is 16.6. The molecular formula is C46H48N2O11. The Hall–Kier alpha value is -5.27. The van der Waals surface area contributed by atoms with Crippen LogP contribution in [-0.4, -0.2) is 114 Å². The highest BCUT2D eigenvalue weighted by Gasteiger charge is 2.76. The molecule has 4 unspecified atom stereocenters. The minimum atomic E-state index is -1.19. The maximum absolute atomic E-state index is 13.6. The maximum Gasteiger partial charge on any atom is 0.339 e. The second kappa shape index (κ2) is 12.9. The summed E-state index contributed by atoms with van der Waals surface area (Å²) >= 11 is 0. The minimum Gasteiger partial charge on any atom is -0.493 e. The number of carboxylic acid groups (broad SMARTS) is 1. The Bertz CT molecular complexity index is 2400. The number of carbonyl (C=O) groups is 5. The van der Waals surface area contributed by atoms with Crippen molar-refractivity contribution in [3.63, 3.8) is 0 Å². The van der Waals surface area contributed by atoms with Crippen molar-refractivity contribution in [2.24, 2.45) is 0 Å². The number of aromatic carboxylic acids is 1. The lowest BCUT2D eigenvalue weighted by Crippen LogP contribution is -2.77. The number of piperidine rings is 2. The van der Waals surface area contributed by atoms with Crippen molar-refractivity contribution in [1.29, 1.82) is 0 Å². The Morgan fingerprint density at radius 2 is 1.25 bits per heavy atom. The Balaban J connectivity index is 0.000000149. The van der Waals surface area contributed by atoms with E-state index in [2.05, 4.69) is 29.0 Å². The molecule has 59 heavy (non-hydrogen) atoms. The van der Waals surface area contributed by atoms with Crippen LogP contribution in [0.15, 0.2) is 48.5 Å². The number of likely N-dealkylation sites (N-methyl/N-ethyl adjacent to an activating group) is 2.